The average Bonchev–Trinajstić information content (AvgIpc) is 2.56. The van der Waals surface area contributed by atoms with Crippen LogP contribution in [0.15, 0.2) is 12.4 Å². The molecule has 7 heteroatoms. The van der Waals surface area contributed by atoms with E-state index in [1.807, 2.05) is 20.8 Å². The summed E-state index contributed by atoms with van der Waals surface area (Å²) in [7, 11) is 0. The fourth-order valence-electron chi connectivity index (χ4n) is 1.82. The van der Waals surface area contributed by atoms with Crippen LogP contribution in [0.25, 0.3) is 5.52 Å². The molecule has 0 fully saturated rings. The molecule has 0 spiro atoms. The predicted molar refractivity (Wildman–Crippen MR) is 61.1 cm³/mol. The predicted octanol–water partition coefficient (Wildman–Crippen LogP) is 2.63. The van der Waals surface area contributed by atoms with E-state index in [-0.39, 0.29) is 11.3 Å². The fraction of sp³-hybridized carbons (Fsp3) is 0.455. The molecule has 98 valence electrons. The number of hydrogen-bond acceptors (Lipinski definition) is 3. The van der Waals surface area contributed by atoms with Crippen LogP contribution in [0.1, 0.15) is 32.0 Å². The standard InChI is InChI=1S/C11H13F3N4/c1-10(2,3)7-4-6(11(12,13)14)8-9(15)16-5-17-18(7)8/h4-5H,1-3H3,(H2,15,16,17). The lowest BCUT2D eigenvalue weighted by Gasteiger charge is -2.17. The molecule has 0 amide bonds. The quantitative estimate of drug-likeness (QED) is 0.790. The van der Waals surface area contributed by atoms with Crippen LogP contribution in [0.3, 0.4) is 0 Å². The van der Waals surface area contributed by atoms with E-state index in [1.54, 1.807) is 0 Å². The number of nitrogens with zero attached hydrogens (tertiary/aromatic N) is 3. The minimum Gasteiger partial charge on any atom is -0.382 e. The van der Waals surface area contributed by atoms with Gasteiger partial charge in [0.1, 0.15) is 11.8 Å². The fourth-order valence-corrected chi connectivity index (χ4v) is 1.82. The zero-order valence-electron chi connectivity index (χ0n) is 10.2. The first-order valence-corrected chi connectivity index (χ1v) is 5.32. The summed E-state index contributed by atoms with van der Waals surface area (Å²) in [5.74, 6) is -0.173. The number of halogens is 3. The smallest absolute Gasteiger partial charge is 0.382 e. The zero-order chi connectivity index (χ0) is 13.7. The maximum Gasteiger partial charge on any atom is 0.418 e. The average molecular weight is 258 g/mol. The van der Waals surface area contributed by atoms with E-state index in [9.17, 15) is 13.2 Å². The van der Waals surface area contributed by atoms with Crippen molar-refractivity contribution in [2.75, 3.05) is 5.73 Å². The summed E-state index contributed by atoms with van der Waals surface area (Å²) in [6.45, 7) is 5.44. The molecule has 2 aromatic heterocycles. The number of hydrogen-bond donors (Lipinski definition) is 1. The molecule has 0 atom stereocenters. The van der Waals surface area contributed by atoms with Crippen LogP contribution in [0.2, 0.25) is 0 Å². The maximum atomic E-state index is 13.0. The van der Waals surface area contributed by atoms with Gasteiger partial charge in [-0.3, -0.25) is 0 Å². The molecular formula is C11H13F3N4. The Bertz CT molecular complexity index is 593. The molecule has 0 aliphatic heterocycles. The Kier molecular flexibility index (Phi) is 2.53. The largest absolute Gasteiger partial charge is 0.418 e. The highest BCUT2D eigenvalue weighted by Crippen LogP contribution is 2.38. The van der Waals surface area contributed by atoms with Crippen molar-refractivity contribution in [1.29, 1.82) is 0 Å². The third-order valence-electron chi connectivity index (χ3n) is 2.66. The highest BCUT2D eigenvalue weighted by Gasteiger charge is 2.37. The lowest BCUT2D eigenvalue weighted by molar-refractivity contribution is -0.136. The van der Waals surface area contributed by atoms with Gasteiger partial charge in [-0.25, -0.2) is 9.50 Å². The third kappa shape index (κ3) is 1.89. The van der Waals surface area contributed by atoms with Crippen LogP contribution < -0.4 is 5.73 Å². The van der Waals surface area contributed by atoms with Crippen molar-refractivity contribution in [3.63, 3.8) is 0 Å². The molecule has 2 aromatic rings. The van der Waals surface area contributed by atoms with Gasteiger partial charge >= 0.3 is 6.18 Å². The van der Waals surface area contributed by atoms with Crippen molar-refractivity contribution >= 4 is 11.3 Å². The molecule has 0 aliphatic carbocycles. The number of nitrogen functional groups attached to an aromatic ring is 1. The van der Waals surface area contributed by atoms with E-state index < -0.39 is 17.2 Å². The molecule has 18 heavy (non-hydrogen) atoms. The van der Waals surface area contributed by atoms with Crippen LogP contribution in [-0.4, -0.2) is 14.6 Å². The second-order valence-corrected chi connectivity index (χ2v) is 5.10. The highest BCUT2D eigenvalue weighted by molar-refractivity contribution is 5.72. The maximum absolute atomic E-state index is 13.0. The Morgan fingerprint density at radius 1 is 1.22 bits per heavy atom. The minimum absolute atomic E-state index is 0.173. The van der Waals surface area contributed by atoms with Crippen molar-refractivity contribution in [3.8, 4) is 0 Å². The van der Waals surface area contributed by atoms with Gasteiger partial charge in [0, 0.05) is 11.1 Å². The number of alkyl halides is 3. The molecule has 0 radical (unpaired) electrons. The Labute approximate surface area is 102 Å². The van der Waals surface area contributed by atoms with Gasteiger partial charge in [-0.15, -0.1) is 0 Å². The van der Waals surface area contributed by atoms with Crippen LogP contribution in [-0.2, 0) is 11.6 Å². The van der Waals surface area contributed by atoms with Gasteiger partial charge in [0.05, 0.1) is 5.56 Å². The zero-order valence-corrected chi connectivity index (χ0v) is 10.2. The molecule has 2 heterocycles. The number of aromatic nitrogens is 3. The topological polar surface area (TPSA) is 56.2 Å². The summed E-state index contributed by atoms with van der Waals surface area (Å²) in [5, 5.41) is 3.87. The van der Waals surface area contributed by atoms with E-state index in [4.69, 9.17) is 5.73 Å². The summed E-state index contributed by atoms with van der Waals surface area (Å²) >= 11 is 0. The summed E-state index contributed by atoms with van der Waals surface area (Å²) in [5.41, 5.74) is 4.52. The van der Waals surface area contributed by atoms with Crippen molar-refractivity contribution in [2.24, 2.45) is 0 Å². The summed E-state index contributed by atoms with van der Waals surface area (Å²) < 4.78 is 40.1. The number of anilines is 1. The lowest BCUT2D eigenvalue weighted by Crippen LogP contribution is -2.15. The number of nitrogens with two attached hydrogens (primary N) is 1. The van der Waals surface area contributed by atoms with Crippen molar-refractivity contribution in [2.45, 2.75) is 32.4 Å². The first-order valence-electron chi connectivity index (χ1n) is 5.32. The minimum atomic E-state index is -4.48. The molecule has 0 saturated carbocycles. The molecule has 2 N–H and O–H groups in total. The molecular weight excluding hydrogens is 245 g/mol. The van der Waals surface area contributed by atoms with Gasteiger partial charge in [0.2, 0.25) is 0 Å². The van der Waals surface area contributed by atoms with Crippen molar-refractivity contribution in [3.05, 3.63) is 23.7 Å². The van der Waals surface area contributed by atoms with E-state index in [0.29, 0.717) is 5.69 Å². The molecule has 0 aliphatic rings. The first kappa shape index (κ1) is 12.7. The second-order valence-electron chi connectivity index (χ2n) is 5.10. The number of rotatable bonds is 0. The Hall–Kier alpha value is -1.79. The monoisotopic (exact) mass is 258 g/mol. The van der Waals surface area contributed by atoms with Crippen LogP contribution in [0.4, 0.5) is 19.0 Å². The Balaban J connectivity index is 2.89. The molecule has 4 nitrogen and oxygen atoms in total. The molecule has 0 saturated heterocycles. The Morgan fingerprint density at radius 3 is 2.33 bits per heavy atom. The normalized spacial score (nSPS) is 13.2. The summed E-state index contributed by atoms with van der Waals surface area (Å²) in [4.78, 5) is 3.62. The summed E-state index contributed by atoms with van der Waals surface area (Å²) in [6.07, 6.45) is -3.33. The number of fused-ring (bicyclic) bond motifs is 1. The van der Waals surface area contributed by atoms with Crippen molar-refractivity contribution in [1.82, 2.24) is 14.6 Å². The molecule has 2 rings (SSSR count). The van der Waals surface area contributed by atoms with Gasteiger partial charge < -0.3 is 5.73 Å². The van der Waals surface area contributed by atoms with E-state index in [0.717, 1.165) is 12.4 Å². The highest BCUT2D eigenvalue weighted by atomic mass is 19.4. The van der Waals surface area contributed by atoms with E-state index in [1.165, 1.54) is 4.52 Å². The molecule has 0 unspecified atom stereocenters. The van der Waals surface area contributed by atoms with Crippen LogP contribution in [0, 0.1) is 0 Å². The molecule has 0 bridgehead atoms. The van der Waals surface area contributed by atoms with Gasteiger partial charge in [0.25, 0.3) is 0 Å². The SMILES string of the molecule is CC(C)(C)c1cc(C(F)(F)F)c2c(N)ncnn12. The van der Waals surface area contributed by atoms with E-state index in [2.05, 4.69) is 10.1 Å². The Morgan fingerprint density at radius 2 is 1.83 bits per heavy atom. The van der Waals surface area contributed by atoms with E-state index >= 15 is 0 Å². The van der Waals surface area contributed by atoms with Crippen LogP contribution in [0.5, 0.6) is 0 Å². The first-order chi connectivity index (χ1) is 8.12. The van der Waals surface area contributed by atoms with Gasteiger partial charge in [-0.05, 0) is 6.07 Å². The molecule has 0 aromatic carbocycles. The second kappa shape index (κ2) is 3.60. The van der Waals surface area contributed by atoms with Gasteiger partial charge in [-0.1, -0.05) is 20.8 Å². The van der Waals surface area contributed by atoms with Gasteiger partial charge in [-0.2, -0.15) is 18.3 Å². The van der Waals surface area contributed by atoms with Crippen LogP contribution >= 0.6 is 0 Å². The third-order valence-corrected chi connectivity index (χ3v) is 2.66. The van der Waals surface area contributed by atoms with Crippen molar-refractivity contribution < 1.29 is 13.2 Å². The summed E-state index contributed by atoms with van der Waals surface area (Å²) in [6, 6.07) is 1.08. The lowest BCUT2D eigenvalue weighted by atomic mass is 9.92. The van der Waals surface area contributed by atoms with Gasteiger partial charge in [0.15, 0.2) is 5.82 Å².